The molecule has 4 aromatic rings. The molecule has 35 heavy (non-hydrogen) atoms. The third-order valence-electron chi connectivity index (χ3n) is 6.29. The predicted molar refractivity (Wildman–Crippen MR) is 138 cm³/mol. The first kappa shape index (κ1) is 23.3. The first-order chi connectivity index (χ1) is 16.7. The van der Waals surface area contributed by atoms with Crippen molar-refractivity contribution < 1.29 is 4.79 Å². The van der Waals surface area contributed by atoms with Gasteiger partial charge in [-0.2, -0.15) is 0 Å². The number of aryl methyl sites for hydroxylation is 3. The van der Waals surface area contributed by atoms with Crippen molar-refractivity contribution in [3.8, 4) is 5.69 Å². The Morgan fingerprint density at radius 3 is 2.66 bits per heavy atom. The Balaban J connectivity index is 1.62. The van der Waals surface area contributed by atoms with E-state index < -0.39 is 17.0 Å². The van der Waals surface area contributed by atoms with Crippen LogP contribution < -0.4 is 22.5 Å². The van der Waals surface area contributed by atoms with Crippen LogP contribution in [0.15, 0.2) is 43.8 Å². The Labute approximate surface area is 207 Å². The highest BCUT2D eigenvalue weighted by atomic mass is 32.2. The molecule has 3 heterocycles. The van der Waals surface area contributed by atoms with Gasteiger partial charge in [-0.05, 0) is 49.4 Å². The van der Waals surface area contributed by atoms with Crippen LogP contribution >= 0.6 is 23.1 Å². The van der Waals surface area contributed by atoms with Gasteiger partial charge < -0.3 is 5.73 Å². The number of rotatable bonds is 5. The standard InChI is InChI=1S/C24H23N5O4S2/c1-12-6-4-7-13(10-12)29-22(32)17-14-8-5-9-16(14)35-20(17)26-23(29)34-11-15(30)18-19(25)27(2)24(33)28(3)21(18)31/h4,6-7,10H,5,8-9,11,25H2,1-3H3. The van der Waals surface area contributed by atoms with E-state index in [-0.39, 0.29) is 22.7 Å². The molecular formula is C24H23N5O4S2. The second-order valence-electron chi connectivity index (χ2n) is 8.59. The number of benzene rings is 1. The Bertz CT molecular complexity index is 1710. The third kappa shape index (κ3) is 3.75. The first-order valence-corrected chi connectivity index (χ1v) is 12.8. The Kier molecular flexibility index (Phi) is 5.76. The van der Waals surface area contributed by atoms with Crippen molar-refractivity contribution in [3.05, 3.63) is 77.0 Å². The van der Waals surface area contributed by atoms with Gasteiger partial charge in [-0.3, -0.25) is 28.1 Å². The summed E-state index contributed by atoms with van der Waals surface area (Å²) in [4.78, 5) is 58.2. The number of carbonyl (C=O) groups is 1. The van der Waals surface area contributed by atoms with Gasteiger partial charge in [-0.15, -0.1) is 11.3 Å². The number of nitrogens with zero attached hydrogens (tertiary/aromatic N) is 4. The average molecular weight is 510 g/mol. The van der Waals surface area contributed by atoms with Crippen LogP contribution in [0.25, 0.3) is 15.9 Å². The second kappa shape index (κ2) is 8.65. The number of hydrogen-bond donors (Lipinski definition) is 1. The number of carbonyl (C=O) groups excluding carboxylic acids is 1. The summed E-state index contributed by atoms with van der Waals surface area (Å²) in [5, 5.41) is 1.01. The number of ketones is 1. The zero-order valence-electron chi connectivity index (χ0n) is 19.5. The minimum absolute atomic E-state index is 0.160. The van der Waals surface area contributed by atoms with Gasteiger partial charge in [0.05, 0.1) is 16.8 Å². The lowest BCUT2D eigenvalue weighted by molar-refractivity contribution is 0.102. The number of thioether (sulfide) groups is 1. The van der Waals surface area contributed by atoms with Crippen LogP contribution in [-0.2, 0) is 26.9 Å². The summed E-state index contributed by atoms with van der Waals surface area (Å²) in [5.74, 6) is -0.896. The summed E-state index contributed by atoms with van der Waals surface area (Å²) < 4.78 is 3.47. The normalized spacial score (nSPS) is 12.9. The molecule has 0 atom stereocenters. The van der Waals surface area contributed by atoms with Gasteiger partial charge in [-0.1, -0.05) is 23.9 Å². The van der Waals surface area contributed by atoms with E-state index in [9.17, 15) is 19.2 Å². The molecule has 0 spiro atoms. The van der Waals surface area contributed by atoms with Crippen LogP contribution in [0.5, 0.6) is 0 Å². The van der Waals surface area contributed by atoms with E-state index in [2.05, 4.69) is 0 Å². The molecule has 0 unspecified atom stereocenters. The Morgan fingerprint density at radius 2 is 1.91 bits per heavy atom. The molecule has 11 heteroatoms. The maximum absolute atomic E-state index is 13.8. The molecule has 0 fully saturated rings. The molecule has 9 nitrogen and oxygen atoms in total. The molecule has 0 aliphatic heterocycles. The van der Waals surface area contributed by atoms with Gasteiger partial charge in [0, 0.05) is 19.0 Å². The topological polar surface area (TPSA) is 122 Å². The average Bonchev–Trinajstić information content (AvgIpc) is 3.41. The van der Waals surface area contributed by atoms with Crippen molar-refractivity contribution in [2.75, 3.05) is 11.5 Å². The van der Waals surface area contributed by atoms with Crippen molar-refractivity contribution in [2.45, 2.75) is 31.3 Å². The largest absolute Gasteiger partial charge is 0.384 e. The number of hydrogen-bond acceptors (Lipinski definition) is 8. The van der Waals surface area contributed by atoms with Gasteiger partial charge in [0.15, 0.2) is 10.9 Å². The van der Waals surface area contributed by atoms with E-state index in [1.54, 1.807) is 4.57 Å². The molecule has 0 saturated heterocycles. The number of fused-ring (bicyclic) bond motifs is 3. The third-order valence-corrected chi connectivity index (χ3v) is 8.41. The number of nitrogen functional groups attached to an aromatic ring is 1. The Hall–Kier alpha value is -3.44. The van der Waals surface area contributed by atoms with Gasteiger partial charge in [0.25, 0.3) is 11.1 Å². The monoisotopic (exact) mass is 509 g/mol. The molecule has 0 bridgehead atoms. The Morgan fingerprint density at radius 1 is 1.14 bits per heavy atom. The lowest BCUT2D eigenvalue weighted by Gasteiger charge is -2.14. The highest BCUT2D eigenvalue weighted by Crippen LogP contribution is 2.36. The highest BCUT2D eigenvalue weighted by molar-refractivity contribution is 7.99. The van der Waals surface area contributed by atoms with E-state index in [0.717, 1.165) is 51.3 Å². The fourth-order valence-corrected chi connectivity index (χ4v) is 6.63. The lowest BCUT2D eigenvalue weighted by atomic mass is 10.2. The summed E-state index contributed by atoms with van der Waals surface area (Å²) in [6.07, 6.45) is 2.83. The summed E-state index contributed by atoms with van der Waals surface area (Å²) in [7, 11) is 2.71. The van der Waals surface area contributed by atoms with Crippen molar-refractivity contribution in [1.82, 2.24) is 18.7 Å². The molecule has 1 aliphatic carbocycles. The molecule has 1 aliphatic rings. The summed E-state index contributed by atoms with van der Waals surface area (Å²) >= 11 is 2.60. The number of anilines is 1. The van der Waals surface area contributed by atoms with Crippen LogP contribution in [0.3, 0.4) is 0 Å². The minimum atomic E-state index is -0.745. The minimum Gasteiger partial charge on any atom is -0.384 e. The maximum Gasteiger partial charge on any atom is 0.332 e. The van der Waals surface area contributed by atoms with Crippen molar-refractivity contribution in [3.63, 3.8) is 0 Å². The number of aromatic nitrogens is 4. The lowest BCUT2D eigenvalue weighted by Crippen LogP contribution is -2.41. The van der Waals surface area contributed by atoms with Crippen molar-refractivity contribution in [1.29, 1.82) is 0 Å². The quantitative estimate of drug-likeness (QED) is 0.249. The van der Waals surface area contributed by atoms with E-state index in [1.165, 1.54) is 30.3 Å². The van der Waals surface area contributed by atoms with Gasteiger partial charge in [-0.25, -0.2) is 9.78 Å². The fourth-order valence-electron chi connectivity index (χ4n) is 4.44. The highest BCUT2D eigenvalue weighted by Gasteiger charge is 2.25. The summed E-state index contributed by atoms with van der Waals surface area (Å²) in [6, 6.07) is 7.54. The summed E-state index contributed by atoms with van der Waals surface area (Å²) in [5.41, 5.74) is 6.92. The van der Waals surface area contributed by atoms with Crippen LogP contribution in [0.4, 0.5) is 5.82 Å². The predicted octanol–water partition coefficient (Wildman–Crippen LogP) is 2.20. The first-order valence-electron chi connectivity index (χ1n) is 11.0. The van der Waals surface area contributed by atoms with Crippen molar-refractivity contribution >= 4 is 44.9 Å². The van der Waals surface area contributed by atoms with E-state index in [4.69, 9.17) is 10.7 Å². The van der Waals surface area contributed by atoms with E-state index in [0.29, 0.717) is 21.1 Å². The molecule has 2 N–H and O–H groups in total. The molecular weight excluding hydrogens is 486 g/mol. The van der Waals surface area contributed by atoms with Gasteiger partial charge in [0.1, 0.15) is 16.2 Å². The number of Topliss-reactive ketones (excluding diaryl/α,β-unsaturated/α-hetero) is 1. The smallest absolute Gasteiger partial charge is 0.332 e. The molecule has 180 valence electrons. The number of nitrogens with two attached hydrogens (primary N) is 1. The van der Waals surface area contributed by atoms with Crippen LogP contribution in [-0.4, -0.2) is 30.2 Å². The van der Waals surface area contributed by atoms with Crippen LogP contribution in [0, 0.1) is 6.92 Å². The van der Waals surface area contributed by atoms with Crippen LogP contribution in [0.2, 0.25) is 0 Å². The van der Waals surface area contributed by atoms with Crippen LogP contribution in [0.1, 0.15) is 32.8 Å². The fraction of sp³-hybridized carbons (Fsp3) is 0.292. The van der Waals surface area contributed by atoms with Gasteiger partial charge >= 0.3 is 5.69 Å². The molecule has 1 aromatic carbocycles. The molecule has 3 aromatic heterocycles. The SMILES string of the molecule is Cc1cccc(-n2c(SCC(=O)c3c(N)n(C)c(=O)n(C)c3=O)nc3sc4c(c3c2=O)CCC4)c1. The summed E-state index contributed by atoms with van der Waals surface area (Å²) in [6.45, 7) is 1.94. The van der Waals surface area contributed by atoms with E-state index >= 15 is 0 Å². The number of thiophene rings is 1. The zero-order valence-corrected chi connectivity index (χ0v) is 21.1. The molecule has 0 saturated carbocycles. The van der Waals surface area contributed by atoms with Crippen molar-refractivity contribution in [2.24, 2.45) is 14.1 Å². The second-order valence-corrected chi connectivity index (χ2v) is 10.6. The molecule has 0 radical (unpaired) electrons. The molecule has 5 rings (SSSR count). The maximum atomic E-state index is 13.8. The zero-order chi connectivity index (χ0) is 25.0. The van der Waals surface area contributed by atoms with Gasteiger partial charge in [0.2, 0.25) is 0 Å². The molecule has 0 amide bonds. The van der Waals surface area contributed by atoms with E-state index in [1.807, 2.05) is 31.2 Å².